The Morgan fingerprint density at radius 2 is 1.86 bits per heavy atom. The summed E-state index contributed by atoms with van der Waals surface area (Å²) in [6.45, 7) is 2.25. The molecule has 2 aliphatic rings. The zero-order valence-corrected chi connectivity index (χ0v) is 16.6. The van der Waals surface area contributed by atoms with Crippen LogP contribution in [-0.2, 0) is 17.9 Å². The van der Waals surface area contributed by atoms with Crippen molar-refractivity contribution >= 4 is 5.91 Å². The third-order valence-corrected chi connectivity index (χ3v) is 6.19. The predicted molar refractivity (Wildman–Crippen MR) is 108 cm³/mol. The van der Waals surface area contributed by atoms with Crippen LogP contribution in [0.4, 0.5) is 0 Å². The van der Waals surface area contributed by atoms with E-state index in [0.717, 1.165) is 31.8 Å². The van der Waals surface area contributed by atoms with Gasteiger partial charge in [-0.3, -0.25) is 4.79 Å². The van der Waals surface area contributed by atoms with E-state index in [4.69, 9.17) is 0 Å². The second-order valence-corrected chi connectivity index (χ2v) is 8.15. The number of benzene rings is 1. The lowest BCUT2D eigenvalue weighted by Gasteiger charge is -2.24. The van der Waals surface area contributed by atoms with Crippen molar-refractivity contribution in [3.63, 3.8) is 0 Å². The molecule has 6 heteroatoms. The maximum absolute atomic E-state index is 12.5. The smallest absolute Gasteiger partial charge is 0.222 e. The van der Waals surface area contributed by atoms with Crippen LogP contribution in [0.5, 0.6) is 0 Å². The zero-order chi connectivity index (χ0) is 19.2. The molecule has 2 heterocycles. The summed E-state index contributed by atoms with van der Waals surface area (Å²) in [4.78, 5) is 14.5. The first-order valence-corrected chi connectivity index (χ1v) is 10.7. The van der Waals surface area contributed by atoms with Gasteiger partial charge in [-0.15, -0.1) is 10.2 Å². The molecule has 2 aromatic rings. The molecule has 150 valence electrons. The van der Waals surface area contributed by atoms with Gasteiger partial charge in [-0.2, -0.15) is 0 Å². The van der Waals surface area contributed by atoms with Crippen LogP contribution in [0.25, 0.3) is 0 Å². The lowest BCUT2D eigenvalue weighted by atomic mass is 9.95. The highest BCUT2D eigenvalue weighted by Crippen LogP contribution is 2.28. The quantitative estimate of drug-likeness (QED) is 0.832. The van der Waals surface area contributed by atoms with Crippen LogP contribution in [0.2, 0.25) is 0 Å². The first kappa shape index (κ1) is 19.1. The van der Waals surface area contributed by atoms with Crippen molar-refractivity contribution in [2.75, 3.05) is 6.54 Å². The Balaban J connectivity index is 1.30. The highest BCUT2D eigenvalue weighted by molar-refractivity contribution is 5.76. The van der Waals surface area contributed by atoms with Crippen molar-refractivity contribution < 1.29 is 4.79 Å². The molecule has 0 bridgehead atoms. The van der Waals surface area contributed by atoms with Crippen LogP contribution in [0.3, 0.4) is 0 Å². The van der Waals surface area contributed by atoms with Gasteiger partial charge < -0.3 is 14.8 Å². The molecule has 1 aromatic heterocycles. The molecule has 1 aromatic carbocycles. The van der Waals surface area contributed by atoms with Crippen molar-refractivity contribution in [3.05, 3.63) is 48.0 Å². The zero-order valence-electron chi connectivity index (χ0n) is 16.6. The molecule has 0 spiro atoms. The van der Waals surface area contributed by atoms with Crippen LogP contribution < -0.4 is 5.32 Å². The van der Waals surface area contributed by atoms with Gasteiger partial charge in [0.2, 0.25) is 5.91 Å². The van der Waals surface area contributed by atoms with Gasteiger partial charge in [-0.1, -0.05) is 49.6 Å². The largest absolute Gasteiger partial charge is 0.338 e. The van der Waals surface area contributed by atoms with E-state index in [1.807, 2.05) is 29.4 Å². The summed E-state index contributed by atoms with van der Waals surface area (Å²) in [7, 11) is 0. The molecule has 1 N–H and O–H groups in total. The van der Waals surface area contributed by atoms with Crippen LogP contribution in [0.15, 0.2) is 36.7 Å². The normalized spacial score (nSPS) is 21.6. The van der Waals surface area contributed by atoms with Crippen LogP contribution in [0.1, 0.15) is 68.8 Å². The van der Waals surface area contributed by atoms with Gasteiger partial charge in [0, 0.05) is 31.6 Å². The summed E-state index contributed by atoms with van der Waals surface area (Å²) >= 11 is 0. The SMILES string of the molecule is O=C1CC[C@H](NCc2nncn2C2CCCCC2)CCN1Cc1ccccc1. The fraction of sp³-hybridized carbons (Fsp3) is 0.591. The van der Waals surface area contributed by atoms with E-state index in [1.165, 1.54) is 37.7 Å². The summed E-state index contributed by atoms with van der Waals surface area (Å²) in [5, 5.41) is 12.2. The average Bonchev–Trinajstić information content (AvgIpc) is 3.15. The van der Waals surface area contributed by atoms with Crippen molar-refractivity contribution in [2.45, 2.75) is 76.5 Å². The van der Waals surface area contributed by atoms with Crippen LogP contribution >= 0.6 is 0 Å². The van der Waals surface area contributed by atoms with E-state index in [-0.39, 0.29) is 5.91 Å². The van der Waals surface area contributed by atoms with Crippen molar-refractivity contribution in [2.24, 2.45) is 0 Å². The lowest BCUT2D eigenvalue weighted by Crippen LogP contribution is -2.32. The van der Waals surface area contributed by atoms with Crippen molar-refractivity contribution in [1.29, 1.82) is 0 Å². The minimum atomic E-state index is 0.263. The molecule has 2 fully saturated rings. The number of amides is 1. The highest BCUT2D eigenvalue weighted by atomic mass is 16.2. The topological polar surface area (TPSA) is 63.1 Å². The molecule has 6 nitrogen and oxygen atoms in total. The van der Waals surface area contributed by atoms with Gasteiger partial charge in [0.25, 0.3) is 0 Å². The third kappa shape index (κ3) is 4.79. The second-order valence-electron chi connectivity index (χ2n) is 8.15. The van der Waals surface area contributed by atoms with Gasteiger partial charge >= 0.3 is 0 Å². The molecule has 0 unspecified atom stereocenters. The number of nitrogens with zero attached hydrogens (tertiary/aromatic N) is 4. The number of aromatic nitrogens is 3. The monoisotopic (exact) mass is 381 g/mol. The van der Waals surface area contributed by atoms with E-state index in [9.17, 15) is 4.79 Å². The van der Waals surface area contributed by atoms with Crippen molar-refractivity contribution in [1.82, 2.24) is 25.0 Å². The Hall–Kier alpha value is -2.21. The number of hydrogen-bond acceptors (Lipinski definition) is 4. The lowest BCUT2D eigenvalue weighted by molar-refractivity contribution is -0.131. The first-order valence-electron chi connectivity index (χ1n) is 10.7. The second kappa shape index (κ2) is 9.32. The standard InChI is InChI=1S/C22H31N5O/c28-22-12-11-19(13-14-26(22)16-18-7-3-1-4-8-18)23-15-21-25-24-17-27(21)20-9-5-2-6-10-20/h1,3-4,7-8,17,19-20,23H,2,5-6,9-16H2/t19-/m0/s1. The molecule has 1 amide bonds. The predicted octanol–water partition coefficient (Wildman–Crippen LogP) is 3.45. The number of rotatable bonds is 6. The van der Waals surface area contributed by atoms with Gasteiger partial charge in [0.15, 0.2) is 0 Å². The number of likely N-dealkylation sites (tertiary alicyclic amines) is 1. The van der Waals surface area contributed by atoms with Crippen LogP contribution in [-0.4, -0.2) is 38.2 Å². The van der Waals surface area contributed by atoms with Crippen LogP contribution in [0, 0.1) is 0 Å². The number of nitrogens with one attached hydrogen (secondary N) is 1. The molecule has 0 radical (unpaired) electrons. The fourth-order valence-electron chi connectivity index (χ4n) is 4.50. The molecule has 1 atom stereocenters. The molecule has 1 aliphatic heterocycles. The Kier molecular flexibility index (Phi) is 6.37. The van der Waals surface area contributed by atoms with E-state index < -0.39 is 0 Å². The highest BCUT2D eigenvalue weighted by Gasteiger charge is 2.23. The van der Waals surface area contributed by atoms with E-state index >= 15 is 0 Å². The Bertz CT molecular complexity index is 753. The van der Waals surface area contributed by atoms with Gasteiger partial charge in [0.05, 0.1) is 6.54 Å². The molecule has 1 aliphatic carbocycles. The van der Waals surface area contributed by atoms with E-state index in [2.05, 4.69) is 32.2 Å². The number of carbonyl (C=O) groups is 1. The fourth-order valence-corrected chi connectivity index (χ4v) is 4.50. The van der Waals surface area contributed by atoms with E-state index in [1.54, 1.807) is 0 Å². The molecule has 1 saturated heterocycles. The Morgan fingerprint density at radius 1 is 1.04 bits per heavy atom. The Labute approximate surface area is 167 Å². The first-order chi connectivity index (χ1) is 13.8. The number of hydrogen-bond donors (Lipinski definition) is 1. The average molecular weight is 382 g/mol. The third-order valence-electron chi connectivity index (χ3n) is 6.19. The van der Waals surface area contributed by atoms with Gasteiger partial charge in [0.1, 0.15) is 12.2 Å². The molecule has 4 rings (SSSR count). The van der Waals surface area contributed by atoms with Gasteiger partial charge in [-0.25, -0.2) is 0 Å². The van der Waals surface area contributed by atoms with E-state index in [0.29, 0.717) is 25.0 Å². The summed E-state index contributed by atoms with van der Waals surface area (Å²) < 4.78 is 2.27. The molecule has 28 heavy (non-hydrogen) atoms. The summed E-state index contributed by atoms with van der Waals surface area (Å²) in [6, 6.07) is 11.2. The number of carbonyl (C=O) groups excluding carboxylic acids is 1. The summed E-state index contributed by atoms with van der Waals surface area (Å²) in [5.41, 5.74) is 1.20. The van der Waals surface area contributed by atoms with Gasteiger partial charge in [-0.05, 0) is 31.2 Å². The minimum absolute atomic E-state index is 0.263. The molecule has 1 saturated carbocycles. The summed E-state index contributed by atoms with van der Waals surface area (Å²) in [6.07, 6.45) is 10.8. The Morgan fingerprint density at radius 3 is 2.68 bits per heavy atom. The molecular formula is C22H31N5O. The molecular weight excluding hydrogens is 350 g/mol. The maximum atomic E-state index is 12.5. The van der Waals surface area contributed by atoms with Crippen molar-refractivity contribution in [3.8, 4) is 0 Å². The minimum Gasteiger partial charge on any atom is -0.338 e. The maximum Gasteiger partial charge on any atom is 0.222 e. The summed E-state index contributed by atoms with van der Waals surface area (Å²) in [5.74, 6) is 1.29.